The summed E-state index contributed by atoms with van der Waals surface area (Å²) in [5.41, 5.74) is 4.66. The number of rotatable bonds is 6. The van der Waals surface area contributed by atoms with E-state index in [2.05, 4.69) is 28.1 Å². The molecule has 1 aromatic heterocycles. The number of aromatic nitrogens is 1. The highest BCUT2D eigenvalue weighted by atomic mass is 35.5. The highest BCUT2D eigenvalue weighted by Crippen LogP contribution is 2.24. The SMILES string of the molecule is CC(=O)N1CCC(CCC(=O)c2ccc3c(c2)CCN(Cc2ccccn2)CC3)CC1.Cl.Cl. The Labute approximate surface area is 209 Å². The van der Waals surface area contributed by atoms with Crippen LogP contribution >= 0.6 is 24.8 Å². The Bertz CT molecular complexity index is 915. The third kappa shape index (κ3) is 7.53. The first-order chi connectivity index (χ1) is 15.1. The zero-order chi connectivity index (χ0) is 21.6. The molecule has 2 aliphatic rings. The van der Waals surface area contributed by atoms with Crippen molar-refractivity contribution >= 4 is 36.5 Å². The van der Waals surface area contributed by atoms with Crippen LogP contribution in [-0.4, -0.2) is 52.7 Å². The van der Waals surface area contributed by atoms with Gasteiger partial charge in [-0.1, -0.05) is 18.2 Å². The van der Waals surface area contributed by atoms with E-state index in [1.165, 1.54) is 11.1 Å². The van der Waals surface area contributed by atoms with Crippen molar-refractivity contribution in [1.82, 2.24) is 14.8 Å². The van der Waals surface area contributed by atoms with E-state index in [4.69, 9.17) is 0 Å². The number of likely N-dealkylation sites (tertiary alicyclic amines) is 1. The van der Waals surface area contributed by atoms with Crippen molar-refractivity contribution in [2.24, 2.45) is 5.92 Å². The summed E-state index contributed by atoms with van der Waals surface area (Å²) in [5, 5.41) is 0. The molecule has 0 saturated carbocycles. The molecule has 0 N–H and O–H groups in total. The smallest absolute Gasteiger partial charge is 0.219 e. The van der Waals surface area contributed by atoms with Crippen LogP contribution in [0.25, 0.3) is 0 Å². The van der Waals surface area contributed by atoms with E-state index in [9.17, 15) is 9.59 Å². The van der Waals surface area contributed by atoms with Gasteiger partial charge in [0.25, 0.3) is 0 Å². The summed E-state index contributed by atoms with van der Waals surface area (Å²) in [7, 11) is 0. The maximum absolute atomic E-state index is 12.9. The number of fused-ring (bicyclic) bond motifs is 1. The second-order valence-corrected chi connectivity index (χ2v) is 8.99. The lowest BCUT2D eigenvalue weighted by Gasteiger charge is -2.31. The predicted octanol–water partition coefficient (Wildman–Crippen LogP) is 4.75. The number of hydrogen-bond acceptors (Lipinski definition) is 4. The summed E-state index contributed by atoms with van der Waals surface area (Å²) >= 11 is 0. The first-order valence-corrected chi connectivity index (χ1v) is 11.6. The van der Waals surface area contributed by atoms with Crippen LogP contribution in [0, 0.1) is 5.92 Å². The Balaban J connectivity index is 0.00000193. The molecule has 5 nitrogen and oxygen atoms in total. The van der Waals surface area contributed by atoms with Crippen LogP contribution in [0.5, 0.6) is 0 Å². The van der Waals surface area contributed by atoms with Crippen LogP contribution in [0.15, 0.2) is 42.6 Å². The van der Waals surface area contributed by atoms with Gasteiger partial charge in [-0.2, -0.15) is 0 Å². The first kappa shape index (κ1) is 27.3. The lowest BCUT2D eigenvalue weighted by molar-refractivity contribution is -0.130. The molecule has 33 heavy (non-hydrogen) atoms. The van der Waals surface area contributed by atoms with Crippen molar-refractivity contribution in [2.75, 3.05) is 26.2 Å². The van der Waals surface area contributed by atoms with Gasteiger partial charge in [-0.15, -0.1) is 24.8 Å². The fourth-order valence-corrected chi connectivity index (χ4v) is 4.84. The van der Waals surface area contributed by atoms with Gasteiger partial charge in [0.1, 0.15) is 0 Å². The minimum atomic E-state index is 0. The molecule has 0 aliphatic carbocycles. The number of carbonyl (C=O) groups excluding carboxylic acids is 2. The van der Waals surface area contributed by atoms with Gasteiger partial charge < -0.3 is 4.90 Å². The summed E-state index contributed by atoms with van der Waals surface area (Å²) in [5.74, 6) is 0.977. The summed E-state index contributed by atoms with van der Waals surface area (Å²) in [4.78, 5) is 33.2. The van der Waals surface area contributed by atoms with Gasteiger partial charge in [-0.3, -0.25) is 19.5 Å². The van der Waals surface area contributed by atoms with E-state index >= 15 is 0 Å². The maximum atomic E-state index is 12.9. The molecule has 3 heterocycles. The molecule has 0 radical (unpaired) electrons. The number of hydrogen-bond donors (Lipinski definition) is 0. The van der Waals surface area contributed by atoms with Crippen LogP contribution in [0.4, 0.5) is 0 Å². The second kappa shape index (κ2) is 13.1. The van der Waals surface area contributed by atoms with Crippen molar-refractivity contribution in [2.45, 2.75) is 52.0 Å². The van der Waals surface area contributed by atoms with Gasteiger partial charge in [0.05, 0.1) is 5.69 Å². The number of amides is 1. The van der Waals surface area contributed by atoms with Crippen LogP contribution in [-0.2, 0) is 24.2 Å². The van der Waals surface area contributed by atoms with Crippen molar-refractivity contribution in [3.05, 3.63) is 65.0 Å². The molecule has 0 bridgehead atoms. The summed E-state index contributed by atoms with van der Waals surface area (Å²) in [6.07, 6.45) is 7.42. The molecule has 1 aromatic carbocycles. The molecule has 0 spiro atoms. The lowest BCUT2D eigenvalue weighted by atomic mass is 9.89. The molecule has 1 fully saturated rings. The van der Waals surface area contributed by atoms with Crippen LogP contribution in [0.2, 0.25) is 0 Å². The third-order valence-electron chi connectivity index (χ3n) is 6.87. The van der Waals surface area contributed by atoms with Crippen molar-refractivity contribution in [3.8, 4) is 0 Å². The molecule has 2 aromatic rings. The van der Waals surface area contributed by atoms with Crippen molar-refractivity contribution < 1.29 is 9.59 Å². The first-order valence-electron chi connectivity index (χ1n) is 11.6. The quantitative estimate of drug-likeness (QED) is 0.547. The Kier molecular flexibility index (Phi) is 10.8. The van der Waals surface area contributed by atoms with E-state index < -0.39 is 0 Å². The summed E-state index contributed by atoms with van der Waals surface area (Å²) in [6, 6.07) is 12.4. The fourth-order valence-electron chi connectivity index (χ4n) is 4.84. The number of carbonyl (C=O) groups is 2. The number of pyridine rings is 1. The van der Waals surface area contributed by atoms with Crippen LogP contribution < -0.4 is 0 Å². The standard InChI is InChI=1S/C26H33N3O2.2ClH/c1-20(30)29-16-9-21(10-17-29)5-8-26(31)24-7-6-22-11-14-28(15-12-23(22)18-24)19-25-4-2-3-13-27-25;;/h2-4,6-7,13,18,21H,5,8-12,14-17,19H2,1H3;2*1H. The van der Waals surface area contributed by atoms with Gasteiger partial charge in [0.2, 0.25) is 5.91 Å². The highest BCUT2D eigenvalue weighted by Gasteiger charge is 2.22. The van der Waals surface area contributed by atoms with Gasteiger partial charge in [-0.05, 0) is 67.3 Å². The Morgan fingerprint density at radius 3 is 2.36 bits per heavy atom. The Morgan fingerprint density at radius 1 is 0.970 bits per heavy atom. The molecular formula is C26H35Cl2N3O2. The summed E-state index contributed by atoms with van der Waals surface area (Å²) < 4.78 is 0. The Hall–Kier alpha value is -1.95. The van der Waals surface area contributed by atoms with E-state index in [0.29, 0.717) is 12.3 Å². The lowest BCUT2D eigenvalue weighted by Crippen LogP contribution is -2.37. The van der Waals surface area contributed by atoms with E-state index in [1.807, 2.05) is 29.3 Å². The number of piperidine rings is 1. The number of ketones is 1. The van der Waals surface area contributed by atoms with E-state index in [1.54, 1.807) is 6.92 Å². The topological polar surface area (TPSA) is 53.5 Å². The largest absolute Gasteiger partial charge is 0.343 e. The minimum Gasteiger partial charge on any atom is -0.343 e. The third-order valence-corrected chi connectivity index (χ3v) is 6.87. The molecule has 2 aliphatic heterocycles. The molecule has 1 amide bonds. The van der Waals surface area contributed by atoms with Crippen molar-refractivity contribution in [3.63, 3.8) is 0 Å². The van der Waals surface area contributed by atoms with Gasteiger partial charge in [0, 0.05) is 57.8 Å². The number of benzene rings is 1. The minimum absolute atomic E-state index is 0. The monoisotopic (exact) mass is 491 g/mol. The van der Waals surface area contributed by atoms with Crippen LogP contribution in [0.3, 0.4) is 0 Å². The number of Topliss-reactive ketones (excluding diaryl/α,β-unsaturated/α-hetero) is 1. The van der Waals surface area contributed by atoms with Crippen LogP contribution in [0.1, 0.15) is 59.8 Å². The van der Waals surface area contributed by atoms with Crippen molar-refractivity contribution in [1.29, 1.82) is 0 Å². The molecule has 0 unspecified atom stereocenters. The summed E-state index contributed by atoms with van der Waals surface area (Å²) in [6.45, 7) is 6.21. The van der Waals surface area contributed by atoms with E-state index in [-0.39, 0.29) is 36.5 Å². The number of nitrogens with zero attached hydrogens (tertiary/aromatic N) is 3. The zero-order valence-electron chi connectivity index (χ0n) is 19.4. The molecule has 1 saturated heterocycles. The van der Waals surface area contributed by atoms with Gasteiger partial charge in [0.15, 0.2) is 5.78 Å². The maximum Gasteiger partial charge on any atom is 0.219 e. The molecular weight excluding hydrogens is 457 g/mol. The molecule has 7 heteroatoms. The van der Waals surface area contributed by atoms with Gasteiger partial charge >= 0.3 is 0 Å². The predicted molar refractivity (Wildman–Crippen MR) is 136 cm³/mol. The fraction of sp³-hybridized carbons (Fsp3) is 0.500. The molecule has 4 rings (SSSR count). The second-order valence-electron chi connectivity index (χ2n) is 8.99. The van der Waals surface area contributed by atoms with E-state index in [0.717, 1.165) is 76.1 Å². The molecule has 0 atom stereocenters. The average molecular weight is 492 g/mol. The normalized spacial score (nSPS) is 16.7. The highest BCUT2D eigenvalue weighted by molar-refractivity contribution is 5.96. The van der Waals surface area contributed by atoms with Gasteiger partial charge in [-0.25, -0.2) is 0 Å². The zero-order valence-corrected chi connectivity index (χ0v) is 21.0. The average Bonchev–Trinajstić information content (AvgIpc) is 3.00. The number of halogens is 2. The Morgan fingerprint density at radius 2 is 1.70 bits per heavy atom. The molecule has 180 valence electrons.